The van der Waals surface area contributed by atoms with Gasteiger partial charge in [-0.2, -0.15) is 0 Å². The van der Waals surface area contributed by atoms with Crippen LogP contribution in [-0.4, -0.2) is 285 Å². The van der Waals surface area contributed by atoms with Gasteiger partial charge in [0.2, 0.25) is 30.1 Å². The Labute approximate surface area is 793 Å². The molecule has 6 aromatic rings. The topological polar surface area (TPSA) is 421 Å². The summed E-state index contributed by atoms with van der Waals surface area (Å²) in [6.45, 7) is 4.46. The summed E-state index contributed by atoms with van der Waals surface area (Å²) >= 11 is 39.0. The van der Waals surface area contributed by atoms with Gasteiger partial charge in [0.25, 0.3) is 0 Å². The van der Waals surface area contributed by atoms with E-state index >= 15 is 0 Å². The number of rotatable bonds is 59. The molecular formula is C90H124Cl6N10O21S3. The van der Waals surface area contributed by atoms with E-state index in [9.17, 15) is 70.0 Å². The van der Waals surface area contributed by atoms with Crippen LogP contribution in [0.4, 0.5) is 9.59 Å². The van der Waals surface area contributed by atoms with Gasteiger partial charge in [-0.05, 0) is 195 Å². The van der Waals surface area contributed by atoms with Crippen molar-refractivity contribution < 1.29 is 98.4 Å². The summed E-state index contributed by atoms with van der Waals surface area (Å²) < 4.78 is 123. The summed E-state index contributed by atoms with van der Waals surface area (Å²) in [5.74, 6) is -0.518. The fourth-order valence-electron chi connectivity index (χ4n) is 16.3. The van der Waals surface area contributed by atoms with Gasteiger partial charge in [0.15, 0.2) is 0 Å². The molecule has 0 radical (unpaired) electrons. The van der Waals surface area contributed by atoms with Crippen LogP contribution >= 0.6 is 69.6 Å². The van der Waals surface area contributed by atoms with E-state index in [1.807, 2.05) is 57.5 Å². The summed E-state index contributed by atoms with van der Waals surface area (Å²) in [5.41, 5.74) is 7.09. The smallest absolute Gasteiger partial charge is 0.315 e. The summed E-state index contributed by atoms with van der Waals surface area (Å²) in [6.07, 6.45) is -2.89. The minimum Gasteiger partial charge on any atom is -0.394 e. The predicted octanol–water partition coefficient (Wildman–Crippen LogP) is 10.0. The van der Waals surface area contributed by atoms with Crippen LogP contribution in [0.2, 0.25) is 30.1 Å². The SMILES string of the molecule is CN1Cc2c(Cl)cc(Cl)cc2[C@H](c2cccc(S(=O)(=O)NCCOCCOCCCC(=O)CCCCC(CCCCC(=O)CCCOCCOCCNS(=O)(=O)c3cccc([C@@H]4CN(C)Cc5c(Cl)cc(Cl)cc54)c3)(CCCNC(=O)NCCOCCOCCNS(=O)(=O)c3cccc([C@@H]4CN(C)Cc5c(Cl)cc(Cl)cc54)c3)NC(=O)NC[C@H](O)[C@@H](O)[C@H](O)[C@H](O)CO)c2)C1. The van der Waals surface area contributed by atoms with Gasteiger partial charge in [0.05, 0.1) is 93.5 Å². The van der Waals surface area contributed by atoms with Crippen molar-refractivity contribution >= 4 is 123 Å². The van der Waals surface area contributed by atoms with Crippen LogP contribution in [-0.2, 0) is 87.7 Å². The van der Waals surface area contributed by atoms with Gasteiger partial charge >= 0.3 is 12.1 Å². The van der Waals surface area contributed by atoms with Crippen molar-refractivity contribution in [3.63, 3.8) is 0 Å². The van der Waals surface area contributed by atoms with Gasteiger partial charge in [0.1, 0.15) is 29.9 Å². The third-order valence-electron chi connectivity index (χ3n) is 23.0. The first-order chi connectivity index (χ1) is 62.1. The van der Waals surface area contributed by atoms with Crippen LogP contribution in [0.3, 0.4) is 0 Å². The standard InChI is InChI=1S/C90H124Cl6N10O21S3/c1-104-54-75(72-47-64(91)50-81(94)78(72)57-104)61-14-8-21-69(44-61)128(116,117)100-29-35-125-40-38-122-32-11-19-67(108)17-4-6-24-90(103-89(115)99-53-84(110)86(112)87(113)85(111)60-107,25-7-5-18-68(109)20-12-33-123-39-41-126-36-30-101-129(118,119)70-22-9-15-62(45-70)76-55-105(2)58-79-73(76)48-65(92)51-82(79)95)26-13-27-97-88(114)98-28-34-124-42-43-127-37-31-102-130(120,121)71-23-10-16-63(46-71)77-56-106(3)59-80-74(77)49-66(93)52-83(80)96/h8-10,14-16,21-23,44-52,75-77,84-87,100-102,107,110-113H,4-7,11-13,17-20,24-43,53-60H2,1-3H3,(H2,97,98,114)(H2,99,103,115)/t75-,76-,77-,84-,85+,86+,87+/m0/s1. The van der Waals surface area contributed by atoms with Gasteiger partial charge in [0, 0.05) is 171 Å². The van der Waals surface area contributed by atoms with Crippen molar-refractivity contribution in [1.82, 2.24) is 50.1 Å². The molecule has 7 atom stereocenters. The van der Waals surface area contributed by atoms with Gasteiger partial charge < -0.3 is 89.9 Å². The summed E-state index contributed by atoms with van der Waals surface area (Å²) in [7, 11) is -5.77. The molecule has 3 heterocycles. The van der Waals surface area contributed by atoms with Crippen molar-refractivity contribution in [3.05, 3.63) is 189 Å². The summed E-state index contributed by atoms with van der Waals surface area (Å²) in [5, 5.41) is 65.3. The predicted molar refractivity (Wildman–Crippen MR) is 500 cm³/mol. The lowest BCUT2D eigenvalue weighted by molar-refractivity contribution is -0.120. The number of Topliss-reactive ketones (excluding diaryl/α,β-unsaturated/α-hetero) is 2. The van der Waals surface area contributed by atoms with Gasteiger partial charge in [-0.15, -0.1) is 0 Å². The number of ether oxygens (including phenoxy) is 6. The normalized spacial score (nSPS) is 16.7. The lowest BCUT2D eigenvalue weighted by Gasteiger charge is -2.36. The van der Waals surface area contributed by atoms with Gasteiger partial charge in [-0.1, -0.05) is 119 Å². The first-order valence-corrected chi connectivity index (χ1v) is 50.6. The third-order valence-corrected chi connectivity index (χ3v) is 29.0. The number of amides is 4. The van der Waals surface area contributed by atoms with E-state index in [0.29, 0.717) is 127 Å². The maximum atomic E-state index is 14.0. The number of sulfonamides is 3. The Kier molecular flexibility index (Phi) is 44.9. The number of halogens is 6. The molecular weight excluding hydrogens is 1870 g/mol. The summed E-state index contributed by atoms with van der Waals surface area (Å²) in [4.78, 5) is 60.5. The third kappa shape index (κ3) is 34.4. The van der Waals surface area contributed by atoms with Crippen LogP contribution in [0.25, 0.3) is 0 Å². The number of nitrogens with zero attached hydrogens (tertiary/aromatic N) is 3. The van der Waals surface area contributed by atoms with Crippen molar-refractivity contribution in [2.75, 3.05) is 166 Å². The lowest BCUT2D eigenvalue weighted by atomic mass is 9.82. The fraction of sp³-hybridized carbons (Fsp3) is 0.556. The molecule has 3 aliphatic heterocycles. The van der Waals surface area contributed by atoms with E-state index in [0.717, 1.165) is 50.1 Å². The molecule has 40 heteroatoms. The fourth-order valence-corrected chi connectivity index (χ4v) is 21.2. The Balaban J connectivity index is 0.709. The number of urea groups is 2. The van der Waals surface area contributed by atoms with E-state index in [-0.39, 0.29) is 188 Å². The molecule has 0 bridgehead atoms. The number of aliphatic hydroxyl groups is 5. The number of carbonyl (C=O) groups excluding carboxylic acids is 4. The molecule has 0 saturated carbocycles. The maximum absolute atomic E-state index is 14.0. The Morgan fingerprint density at radius 1 is 0.400 bits per heavy atom. The molecule has 0 aliphatic carbocycles. The van der Waals surface area contributed by atoms with Crippen molar-refractivity contribution in [2.24, 2.45) is 0 Å². The number of nitrogens with one attached hydrogen (secondary N) is 7. The molecule has 3 aliphatic rings. The van der Waals surface area contributed by atoms with E-state index in [2.05, 4.69) is 50.1 Å². The van der Waals surface area contributed by atoms with E-state index < -0.39 is 85.2 Å². The molecule has 0 aromatic heterocycles. The molecule has 6 aromatic carbocycles. The van der Waals surface area contributed by atoms with E-state index in [1.54, 1.807) is 54.6 Å². The monoisotopic (exact) mass is 1990 g/mol. The zero-order valence-corrected chi connectivity index (χ0v) is 80.6. The average molecular weight is 1990 g/mol. The molecule has 0 unspecified atom stereocenters. The number of unbranched alkanes of at least 4 members (excludes halogenated alkanes) is 2. The van der Waals surface area contributed by atoms with Gasteiger partial charge in [-0.25, -0.2) is 49.0 Å². The van der Waals surface area contributed by atoms with Crippen molar-refractivity contribution in [1.29, 1.82) is 0 Å². The number of carbonyl (C=O) groups is 4. The quantitative estimate of drug-likeness (QED) is 0.0158. The molecule has 0 fully saturated rings. The second-order valence-electron chi connectivity index (χ2n) is 33.1. The molecule has 31 nitrogen and oxygen atoms in total. The first kappa shape index (κ1) is 108. The maximum Gasteiger partial charge on any atom is 0.315 e. The highest BCUT2D eigenvalue weighted by Crippen LogP contribution is 2.43. The second kappa shape index (κ2) is 54.2. The van der Waals surface area contributed by atoms with E-state index in [1.165, 1.54) is 18.2 Å². The first-order valence-electron chi connectivity index (χ1n) is 43.8. The molecule has 0 saturated heterocycles. The van der Waals surface area contributed by atoms with Crippen LogP contribution in [0.5, 0.6) is 0 Å². The average Bonchev–Trinajstić information content (AvgIpc) is 0.779. The number of hydrogen-bond donors (Lipinski definition) is 12. The number of ketones is 2. The number of aliphatic hydroxyl groups excluding tert-OH is 5. The minimum atomic E-state index is -3.91. The minimum absolute atomic E-state index is 0.00676. The number of benzene rings is 6. The highest BCUT2D eigenvalue weighted by molar-refractivity contribution is 7.90. The lowest BCUT2D eigenvalue weighted by Crippen LogP contribution is -2.55. The van der Waals surface area contributed by atoms with Crippen molar-refractivity contribution in [2.45, 2.75) is 172 Å². The Bertz CT molecular complexity index is 4580. The Morgan fingerprint density at radius 3 is 1.10 bits per heavy atom. The molecule has 0 spiro atoms. The molecule has 12 N–H and O–H groups in total. The Morgan fingerprint density at radius 2 is 0.731 bits per heavy atom. The highest BCUT2D eigenvalue weighted by Gasteiger charge is 2.36. The van der Waals surface area contributed by atoms with Crippen LogP contribution in [0.1, 0.15) is 158 Å². The van der Waals surface area contributed by atoms with Crippen LogP contribution < -0.4 is 35.4 Å². The number of likely N-dealkylation sites (N-methyl/N-ethyl adjacent to an activating group) is 3. The number of hydrogen-bond acceptors (Lipinski definition) is 24. The molecule has 4 amide bonds. The molecule has 130 heavy (non-hydrogen) atoms. The zero-order valence-electron chi connectivity index (χ0n) is 73.6. The largest absolute Gasteiger partial charge is 0.394 e. The zero-order chi connectivity index (χ0) is 94.0. The molecule has 720 valence electrons. The highest BCUT2D eigenvalue weighted by atomic mass is 35.5. The van der Waals surface area contributed by atoms with E-state index in [4.69, 9.17) is 98.0 Å². The second-order valence-corrected chi connectivity index (χ2v) is 40.9. The Hall–Kier alpha value is -5.89. The van der Waals surface area contributed by atoms with Crippen molar-refractivity contribution in [3.8, 4) is 0 Å². The molecule has 9 rings (SSSR count). The number of fused-ring (bicyclic) bond motifs is 3. The van der Waals surface area contributed by atoms with Crippen LogP contribution in [0.15, 0.2) is 124 Å². The summed E-state index contributed by atoms with van der Waals surface area (Å²) in [6, 6.07) is 29.9. The van der Waals surface area contributed by atoms with Crippen LogP contribution in [0, 0.1) is 0 Å². The van der Waals surface area contributed by atoms with Gasteiger partial charge in [-0.3, -0.25) is 9.59 Å².